The Hall–Kier alpha value is -3.42. The van der Waals surface area contributed by atoms with Crippen molar-refractivity contribution in [2.24, 2.45) is 0 Å². The number of ether oxygens (including phenoxy) is 1. The molecular weight excluding hydrogens is 614 g/mol. The van der Waals surface area contributed by atoms with Crippen LogP contribution in [0.1, 0.15) is 160 Å². The van der Waals surface area contributed by atoms with Crippen molar-refractivity contribution in [3.63, 3.8) is 0 Å². The molecule has 282 valence electrons. The lowest BCUT2D eigenvalue weighted by molar-refractivity contribution is -0.152. The van der Waals surface area contributed by atoms with Gasteiger partial charge in [-0.2, -0.15) is 0 Å². The van der Waals surface area contributed by atoms with Crippen LogP contribution in [0.2, 0.25) is 0 Å². The highest BCUT2D eigenvalue weighted by Crippen LogP contribution is 2.15. The van der Waals surface area contributed by atoms with Crippen LogP contribution in [0.5, 0.6) is 0 Å². The summed E-state index contributed by atoms with van der Waals surface area (Å²) in [5, 5.41) is 5.67. The lowest BCUT2D eigenvalue weighted by Gasteiger charge is -2.23. The van der Waals surface area contributed by atoms with E-state index in [1.807, 2.05) is 82.9 Å². The molecule has 0 saturated carbocycles. The van der Waals surface area contributed by atoms with Crippen LogP contribution >= 0.6 is 0 Å². The molecule has 0 unspecified atom stereocenters. The van der Waals surface area contributed by atoms with Gasteiger partial charge in [-0.1, -0.05) is 116 Å². The number of hydrogen-bond acceptors (Lipinski definition) is 5. The fourth-order valence-electron chi connectivity index (χ4n) is 4.27. The maximum absolute atomic E-state index is 12.6. The van der Waals surface area contributed by atoms with Gasteiger partial charge in [0, 0.05) is 45.0 Å². The van der Waals surface area contributed by atoms with Gasteiger partial charge >= 0.3 is 5.97 Å². The summed E-state index contributed by atoms with van der Waals surface area (Å²) in [7, 11) is 0. The smallest absolute Gasteiger partial charge is 0.303 e. The van der Waals surface area contributed by atoms with E-state index in [1.54, 1.807) is 13.8 Å². The Bertz CT molecular complexity index is 1080. The molecule has 49 heavy (non-hydrogen) atoms. The number of nitrogens with zero attached hydrogens (tertiary/aromatic N) is 1. The number of carbonyl (C=O) groups is 4. The Morgan fingerprint density at radius 1 is 0.735 bits per heavy atom. The third-order valence-corrected chi connectivity index (χ3v) is 6.94. The average Bonchev–Trinajstić information content (AvgIpc) is 3.07. The molecule has 0 spiro atoms. The van der Waals surface area contributed by atoms with Crippen molar-refractivity contribution in [3.8, 4) is 0 Å². The summed E-state index contributed by atoms with van der Waals surface area (Å²) in [4.78, 5) is 47.3. The molecule has 0 radical (unpaired) electrons. The highest BCUT2D eigenvalue weighted by atomic mass is 16.6. The maximum atomic E-state index is 12.6. The van der Waals surface area contributed by atoms with Crippen molar-refractivity contribution in [2.75, 3.05) is 13.1 Å². The van der Waals surface area contributed by atoms with E-state index in [0.717, 1.165) is 37.1 Å². The summed E-state index contributed by atoms with van der Waals surface area (Å²) in [6, 6.07) is 9.89. The molecule has 0 aliphatic rings. The molecule has 2 N–H and O–H groups in total. The predicted octanol–water partition coefficient (Wildman–Crippen LogP) is 9.83. The van der Waals surface area contributed by atoms with Crippen LogP contribution in [-0.2, 0) is 30.5 Å². The number of esters is 1. The number of allylic oxidation sites excluding steroid dienone is 2. The molecular formula is C41H73N3O5. The zero-order chi connectivity index (χ0) is 38.3. The van der Waals surface area contributed by atoms with Crippen molar-refractivity contribution < 1.29 is 23.9 Å². The van der Waals surface area contributed by atoms with E-state index in [4.69, 9.17) is 4.74 Å². The summed E-state index contributed by atoms with van der Waals surface area (Å²) in [6.45, 7) is 26.9. The molecule has 1 rings (SSSR count). The first-order valence-corrected chi connectivity index (χ1v) is 18.5. The number of amides is 3. The zero-order valence-corrected chi connectivity index (χ0v) is 33.6. The Balaban J connectivity index is -0.000000635. The van der Waals surface area contributed by atoms with E-state index in [9.17, 15) is 19.2 Å². The van der Waals surface area contributed by atoms with E-state index < -0.39 is 0 Å². The molecule has 3 amide bonds. The number of carbonyl (C=O) groups excluding carboxylic acids is 4. The third-order valence-electron chi connectivity index (χ3n) is 6.94. The summed E-state index contributed by atoms with van der Waals surface area (Å²) < 4.78 is 4.80. The lowest BCUT2D eigenvalue weighted by atomic mass is 10.1. The van der Waals surface area contributed by atoms with Crippen LogP contribution in [0.25, 0.3) is 0 Å². The first-order valence-electron chi connectivity index (χ1n) is 18.5. The number of rotatable bonds is 16. The minimum absolute atomic E-state index is 0.00584. The van der Waals surface area contributed by atoms with Crippen molar-refractivity contribution in [1.29, 1.82) is 0 Å². The van der Waals surface area contributed by atoms with Crippen LogP contribution < -0.4 is 10.6 Å². The zero-order valence-electron chi connectivity index (χ0n) is 33.6. The number of nitrogens with one attached hydrogen (secondary N) is 2. The standard InChI is InChI=1S/C17H30N2O2.C10H13NO.C8H18.C6H12O2/c1-7-11-19(12-8-2)17(21)14(6)16(13(5)9-3)18-15(20)10-4;1-2-10(12)11-8-9-6-4-3-5-7-9;1-3-5-7-8-6-4-2;1-5(7)8-6(2,3)4/h9H,7-8,10-12H2,1-6H3,(H,18,20);3-7H,2,8H2,1H3,(H,11,12);3-8H2,1-2H3;1-4H3/b13-9-,16-14-;;;. The Morgan fingerprint density at radius 3 is 1.57 bits per heavy atom. The van der Waals surface area contributed by atoms with Gasteiger partial charge in [0.15, 0.2) is 0 Å². The Kier molecular flexibility index (Phi) is 32.4. The van der Waals surface area contributed by atoms with Crippen LogP contribution in [0.4, 0.5) is 0 Å². The number of benzene rings is 1. The quantitative estimate of drug-likeness (QED) is 0.0779. The molecule has 1 aromatic carbocycles. The summed E-state index contributed by atoms with van der Waals surface area (Å²) in [5.41, 5.74) is 2.97. The Morgan fingerprint density at radius 2 is 1.22 bits per heavy atom. The monoisotopic (exact) mass is 688 g/mol. The first kappa shape index (κ1) is 50.0. The predicted molar refractivity (Wildman–Crippen MR) is 207 cm³/mol. The number of hydrogen-bond donors (Lipinski definition) is 2. The molecule has 0 saturated heterocycles. The van der Waals surface area contributed by atoms with Crippen molar-refractivity contribution in [3.05, 3.63) is 58.8 Å². The molecule has 8 heteroatoms. The lowest BCUT2D eigenvalue weighted by Crippen LogP contribution is -2.35. The second-order valence-electron chi connectivity index (χ2n) is 12.9. The summed E-state index contributed by atoms with van der Waals surface area (Å²) >= 11 is 0. The fraction of sp³-hybridized carbons (Fsp3) is 0.659. The summed E-state index contributed by atoms with van der Waals surface area (Å²) in [5.74, 6) is -0.196. The van der Waals surface area contributed by atoms with Crippen LogP contribution in [-0.4, -0.2) is 47.3 Å². The molecule has 0 aromatic heterocycles. The minimum atomic E-state index is -0.328. The molecule has 0 atom stereocenters. The van der Waals surface area contributed by atoms with Gasteiger partial charge in [0.1, 0.15) is 5.60 Å². The second kappa shape index (κ2) is 31.8. The third kappa shape index (κ3) is 30.4. The molecule has 0 fully saturated rings. The molecule has 0 bridgehead atoms. The molecule has 1 aromatic rings. The normalized spacial score (nSPS) is 11.2. The first-order chi connectivity index (χ1) is 23.1. The van der Waals surface area contributed by atoms with Gasteiger partial charge in [-0.05, 0) is 65.5 Å². The van der Waals surface area contributed by atoms with Crippen LogP contribution in [0.3, 0.4) is 0 Å². The highest BCUT2D eigenvalue weighted by Gasteiger charge is 2.19. The fourth-order valence-corrected chi connectivity index (χ4v) is 4.27. The highest BCUT2D eigenvalue weighted by molar-refractivity contribution is 5.95. The SMILES string of the molecule is C/C=C(C)\C(NC(=O)CC)=C(/C)C(=O)N(CCC)CCC.CC(=O)OC(C)(C)C.CCC(=O)NCc1ccccc1.CCCCCCCC. The van der Waals surface area contributed by atoms with Gasteiger partial charge in [-0.25, -0.2) is 0 Å². The second-order valence-corrected chi connectivity index (χ2v) is 12.9. The Labute approximate surface area is 300 Å². The van der Waals surface area contributed by atoms with Gasteiger partial charge < -0.3 is 20.3 Å². The molecule has 0 aliphatic carbocycles. The van der Waals surface area contributed by atoms with Crippen molar-refractivity contribution in [2.45, 2.75) is 166 Å². The molecule has 8 nitrogen and oxygen atoms in total. The van der Waals surface area contributed by atoms with Crippen molar-refractivity contribution >= 4 is 23.7 Å². The summed E-state index contributed by atoms with van der Waals surface area (Å²) in [6.07, 6.45) is 13.2. The van der Waals surface area contributed by atoms with E-state index in [1.165, 1.54) is 45.4 Å². The van der Waals surface area contributed by atoms with E-state index in [0.29, 0.717) is 30.7 Å². The minimum Gasteiger partial charge on any atom is -0.460 e. The van der Waals surface area contributed by atoms with E-state index >= 15 is 0 Å². The van der Waals surface area contributed by atoms with Crippen LogP contribution in [0.15, 0.2) is 53.3 Å². The molecule has 0 aliphatic heterocycles. The number of unbranched alkanes of at least 4 members (excludes halogenated alkanes) is 5. The van der Waals surface area contributed by atoms with E-state index in [2.05, 4.69) is 38.3 Å². The van der Waals surface area contributed by atoms with Gasteiger partial charge in [0.05, 0.1) is 5.70 Å². The topological polar surface area (TPSA) is 105 Å². The average molecular weight is 688 g/mol. The van der Waals surface area contributed by atoms with Gasteiger partial charge in [0.25, 0.3) is 5.91 Å². The maximum Gasteiger partial charge on any atom is 0.303 e. The van der Waals surface area contributed by atoms with Gasteiger partial charge in [-0.3, -0.25) is 19.2 Å². The molecule has 0 heterocycles. The van der Waals surface area contributed by atoms with Crippen LogP contribution in [0, 0.1) is 0 Å². The van der Waals surface area contributed by atoms with E-state index in [-0.39, 0.29) is 29.3 Å². The van der Waals surface area contributed by atoms with Crippen molar-refractivity contribution in [1.82, 2.24) is 15.5 Å². The van der Waals surface area contributed by atoms with Gasteiger partial charge in [-0.15, -0.1) is 0 Å². The largest absolute Gasteiger partial charge is 0.460 e. The van der Waals surface area contributed by atoms with Gasteiger partial charge in [0.2, 0.25) is 11.8 Å².